The van der Waals surface area contributed by atoms with E-state index in [0.717, 1.165) is 41.6 Å². The van der Waals surface area contributed by atoms with Crippen molar-refractivity contribution in [2.24, 2.45) is 0 Å². The number of rotatable bonds is 10. The molecule has 11 heteroatoms. The average Bonchev–Trinajstić information content (AvgIpc) is 3.75. The summed E-state index contributed by atoms with van der Waals surface area (Å²) >= 11 is 0. The third-order valence-electron chi connectivity index (χ3n) is 6.75. The van der Waals surface area contributed by atoms with Crippen LogP contribution in [-0.2, 0) is 6.54 Å². The lowest BCUT2D eigenvalue weighted by atomic mass is 10.1. The topological polar surface area (TPSA) is 107 Å². The van der Waals surface area contributed by atoms with Crippen molar-refractivity contribution in [2.75, 3.05) is 25.6 Å². The number of pyridine rings is 1. The van der Waals surface area contributed by atoms with Crippen LogP contribution in [0, 0.1) is 11.6 Å². The Hall–Kier alpha value is -4.64. The number of methoxy groups -OCH3 is 1. The van der Waals surface area contributed by atoms with Crippen molar-refractivity contribution in [3.63, 3.8) is 0 Å². The molecule has 1 fully saturated rings. The monoisotopic (exact) mass is 544 g/mol. The highest BCUT2D eigenvalue weighted by molar-refractivity contribution is 5.92. The molecule has 1 aliphatic carbocycles. The number of ether oxygens (including phenoxy) is 2. The second-order valence-electron chi connectivity index (χ2n) is 9.43. The molecule has 0 radical (unpaired) electrons. The maximum absolute atomic E-state index is 14.9. The molecule has 3 aromatic heterocycles. The van der Waals surface area contributed by atoms with Gasteiger partial charge >= 0.3 is 0 Å². The number of hydrogen-bond acceptors (Lipinski definition) is 8. The Kier molecular flexibility index (Phi) is 6.95. The Labute approximate surface area is 228 Å². The van der Waals surface area contributed by atoms with Gasteiger partial charge in [-0.05, 0) is 36.5 Å². The number of nitrogens with one attached hydrogen (secondary N) is 1. The fourth-order valence-corrected chi connectivity index (χ4v) is 4.63. The van der Waals surface area contributed by atoms with Crippen molar-refractivity contribution < 1.29 is 23.4 Å². The van der Waals surface area contributed by atoms with Crippen LogP contribution in [0.15, 0.2) is 61.1 Å². The molecule has 5 aromatic rings. The third-order valence-corrected chi connectivity index (χ3v) is 6.75. The molecule has 1 saturated carbocycles. The Balaban J connectivity index is 1.37. The standard InChI is InChI=1S/C29H26F2N6O3/c1-39-26-15-33-29(35-28(26)34-24-8-9-32-14-20(24)17-6-7-17)27-19-4-2-3-5-25(19)37(36-27)16-21-22(30)12-18(13-23(21)31)40-11-10-38/h2-5,8-9,12-15,17,38H,6-7,10-11,16H2,1H3,(H,32,33,34,35). The number of para-hydroxylation sites is 1. The van der Waals surface area contributed by atoms with E-state index in [0.29, 0.717) is 34.5 Å². The van der Waals surface area contributed by atoms with Crippen molar-refractivity contribution in [1.29, 1.82) is 0 Å². The van der Waals surface area contributed by atoms with Gasteiger partial charge in [-0.15, -0.1) is 0 Å². The number of aliphatic hydroxyl groups excluding tert-OH is 1. The van der Waals surface area contributed by atoms with Crippen LogP contribution < -0.4 is 14.8 Å². The zero-order chi connectivity index (χ0) is 27.6. The fraction of sp³-hybridized carbons (Fsp3) is 0.241. The molecule has 0 bridgehead atoms. The summed E-state index contributed by atoms with van der Waals surface area (Å²) in [6, 6.07) is 11.5. The van der Waals surface area contributed by atoms with Gasteiger partial charge in [0.1, 0.15) is 29.7 Å². The van der Waals surface area contributed by atoms with E-state index < -0.39 is 11.6 Å². The maximum atomic E-state index is 14.9. The van der Waals surface area contributed by atoms with Crippen LogP contribution in [0.5, 0.6) is 11.5 Å². The molecule has 0 unspecified atom stereocenters. The lowest BCUT2D eigenvalue weighted by Crippen LogP contribution is -2.08. The molecule has 40 heavy (non-hydrogen) atoms. The summed E-state index contributed by atoms with van der Waals surface area (Å²) < 4.78 is 42.0. The van der Waals surface area contributed by atoms with E-state index in [-0.39, 0.29) is 31.1 Å². The van der Waals surface area contributed by atoms with Crippen LogP contribution in [0.2, 0.25) is 0 Å². The maximum Gasteiger partial charge on any atom is 0.183 e. The summed E-state index contributed by atoms with van der Waals surface area (Å²) in [6.07, 6.45) is 7.40. The first-order valence-corrected chi connectivity index (χ1v) is 12.8. The summed E-state index contributed by atoms with van der Waals surface area (Å²) in [5, 5.41) is 17.7. The first-order chi connectivity index (χ1) is 19.6. The number of aliphatic hydroxyl groups is 1. The number of nitrogens with zero attached hydrogens (tertiary/aromatic N) is 5. The van der Waals surface area contributed by atoms with Gasteiger partial charge in [0.2, 0.25) is 0 Å². The molecule has 1 aliphatic rings. The van der Waals surface area contributed by atoms with E-state index in [1.807, 2.05) is 36.5 Å². The van der Waals surface area contributed by atoms with Crippen molar-refractivity contribution in [1.82, 2.24) is 24.7 Å². The lowest BCUT2D eigenvalue weighted by Gasteiger charge is -2.13. The molecule has 0 atom stereocenters. The minimum absolute atomic E-state index is 0.00418. The first kappa shape index (κ1) is 25.6. The number of anilines is 2. The second kappa shape index (κ2) is 10.9. The molecule has 2 aromatic carbocycles. The Morgan fingerprint density at radius 3 is 2.65 bits per heavy atom. The van der Waals surface area contributed by atoms with Crippen LogP contribution in [0.4, 0.5) is 20.3 Å². The lowest BCUT2D eigenvalue weighted by molar-refractivity contribution is 0.200. The van der Waals surface area contributed by atoms with Crippen molar-refractivity contribution >= 4 is 22.4 Å². The molecule has 9 nitrogen and oxygen atoms in total. The second-order valence-corrected chi connectivity index (χ2v) is 9.43. The Bertz CT molecular complexity index is 1670. The van der Waals surface area contributed by atoms with Crippen molar-refractivity contribution in [3.8, 4) is 23.0 Å². The summed E-state index contributed by atoms with van der Waals surface area (Å²) in [5.41, 5.74) is 2.97. The van der Waals surface area contributed by atoms with Gasteiger partial charge in [-0.1, -0.05) is 18.2 Å². The number of aromatic nitrogens is 5. The molecule has 6 rings (SSSR count). The van der Waals surface area contributed by atoms with Gasteiger partial charge in [0.15, 0.2) is 17.4 Å². The van der Waals surface area contributed by atoms with E-state index >= 15 is 0 Å². The van der Waals surface area contributed by atoms with Gasteiger partial charge in [0, 0.05) is 41.2 Å². The van der Waals surface area contributed by atoms with Gasteiger partial charge in [-0.25, -0.2) is 18.7 Å². The highest BCUT2D eigenvalue weighted by Crippen LogP contribution is 2.44. The van der Waals surface area contributed by atoms with Gasteiger partial charge in [0.05, 0.1) is 32.0 Å². The molecule has 204 valence electrons. The van der Waals surface area contributed by atoms with Gasteiger partial charge in [0.25, 0.3) is 0 Å². The summed E-state index contributed by atoms with van der Waals surface area (Å²) in [7, 11) is 1.55. The fourth-order valence-electron chi connectivity index (χ4n) is 4.63. The molecule has 0 aliphatic heterocycles. The normalized spacial score (nSPS) is 13.0. The highest BCUT2D eigenvalue weighted by atomic mass is 19.1. The third kappa shape index (κ3) is 5.03. The summed E-state index contributed by atoms with van der Waals surface area (Å²) in [5.74, 6) is 0.182. The van der Waals surface area contributed by atoms with Crippen LogP contribution >= 0.6 is 0 Å². The van der Waals surface area contributed by atoms with Gasteiger partial charge in [-0.3, -0.25) is 9.67 Å². The number of hydrogen-bond donors (Lipinski definition) is 2. The van der Waals surface area contributed by atoms with E-state index in [2.05, 4.69) is 20.4 Å². The van der Waals surface area contributed by atoms with Gasteiger partial charge < -0.3 is 19.9 Å². The Morgan fingerprint density at radius 2 is 1.90 bits per heavy atom. The van der Waals surface area contributed by atoms with E-state index in [9.17, 15) is 8.78 Å². The number of fused-ring (bicyclic) bond motifs is 1. The average molecular weight is 545 g/mol. The number of benzene rings is 2. The van der Waals surface area contributed by atoms with Gasteiger partial charge in [-0.2, -0.15) is 5.10 Å². The van der Waals surface area contributed by atoms with E-state index in [1.54, 1.807) is 19.5 Å². The predicted octanol–water partition coefficient (Wildman–Crippen LogP) is 5.22. The SMILES string of the molecule is COc1cnc(-c2nn(Cc3c(F)cc(OCCO)cc3F)c3ccccc23)nc1Nc1ccncc1C1CC1. The largest absolute Gasteiger partial charge is 0.491 e. The molecule has 0 saturated heterocycles. The molecule has 3 heterocycles. The highest BCUT2D eigenvalue weighted by Gasteiger charge is 2.27. The Morgan fingerprint density at radius 1 is 1.10 bits per heavy atom. The van der Waals surface area contributed by atoms with Crippen LogP contribution in [0.3, 0.4) is 0 Å². The predicted molar refractivity (Wildman–Crippen MR) is 145 cm³/mol. The van der Waals surface area contributed by atoms with Crippen molar-refractivity contribution in [3.05, 3.63) is 83.8 Å². The smallest absolute Gasteiger partial charge is 0.183 e. The zero-order valence-corrected chi connectivity index (χ0v) is 21.6. The van der Waals surface area contributed by atoms with Crippen molar-refractivity contribution in [2.45, 2.75) is 25.3 Å². The first-order valence-electron chi connectivity index (χ1n) is 12.8. The molecule has 0 spiro atoms. The zero-order valence-electron chi connectivity index (χ0n) is 21.6. The molecular weight excluding hydrogens is 518 g/mol. The molecule has 0 amide bonds. The summed E-state index contributed by atoms with van der Waals surface area (Å²) in [6.45, 7) is -0.490. The van der Waals surface area contributed by atoms with Crippen LogP contribution in [0.25, 0.3) is 22.4 Å². The van der Waals surface area contributed by atoms with E-state index in [4.69, 9.17) is 19.6 Å². The number of halogens is 2. The molecular formula is C29H26F2N6O3. The quantitative estimate of drug-likeness (QED) is 0.247. The minimum atomic E-state index is -0.773. The summed E-state index contributed by atoms with van der Waals surface area (Å²) in [4.78, 5) is 13.5. The van der Waals surface area contributed by atoms with Crippen LogP contribution in [-0.4, -0.2) is 50.2 Å². The van der Waals surface area contributed by atoms with E-state index in [1.165, 1.54) is 4.68 Å². The molecule has 2 N–H and O–H groups in total. The van der Waals surface area contributed by atoms with Crippen LogP contribution in [0.1, 0.15) is 29.9 Å². The minimum Gasteiger partial charge on any atom is -0.491 e.